The molecule has 0 radical (unpaired) electrons. The van der Waals surface area contributed by atoms with E-state index in [-0.39, 0.29) is 0 Å². The highest BCUT2D eigenvalue weighted by Crippen LogP contribution is 2.50. The number of benzene rings is 6. The molecule has 0 atom stereocenters. The summed E-state index contributed by atoms with van der Waals surface area (Å²) in [6.07, 6.45) is 4.52. The second kappa shape index (κ2) is 8.99. The number of hydrogen-bond acceptors (Lipinski definition) is 2. The lowest BCUT2D eigenvalue weighted by molar-refractivity contribution is 0.646. The fourth-order valence-electron chi connectivity index (χ4n) is 6.65. The van der Waals surface area contributed by atoms with Gasteiger partial charge < -0.3 is 8.83 Å². The van der Waals surface area contributed by atoms with Gasteiger partial charge in [0.25, 0.3) is 0 Å². The van der Waals surface area contributed by atoms with Crippen molar-refractivity contribution in [2.24, 2.45) is 0 Å². The zero-order chi connectivity index (χ0) is 26.8. The lowest BCUT2D eigenvalue weighted by Crippen LogP contribution is -1.96. The molecule has 40 heavy (non-hydrogen) atoms. The Bertz CT molecular complexity index is 1950. The van der Waals surface area contributed by atoms with E-state index >= 15 is 0 Å². The van der Waals surface area contributed by atoms with Gasteiger partial charge in [0.15, 0.2) is 0 Å². The van der Waals surface area contributed by atoms with Crippen LogP contribution in [0.25, 0.3) is 77.3 Å². The van der Waals surface area contributed by atoms with Crippen LogP contribution >= 0.6 is 0 Å². The molecule has 2 nitrogen and oxygen atoms in total. The third-order valence-corrected chi connectivity index (χ3v) is 8.51. The van der Waals surface area contributed by atoms with Gasteiger partial charge in [0.1, 0.15) is 22.3 Å². The second-order valence-electron chi connectivity index (χ2n) is 11.0. The summed E-state index contributed by atoms with van der Waals surface area (Å²) in [5, 5.41) is 4.65. The van der Waals surface area contributed by atoms with Crippen LogP contribution in [0.15, 0.2) is 106 Å². The molecule has 0 saturated carbocycles. The van der Waals surface area contributed by atoms with Crippen LogP contribution in [0.4, 0.5) is 0 Å². The van der Waals surface area contributed by atoms with Gasteiger partial charge in [-0.15, -0.1) is 0 Å². The van der Waals surface area contributed by atoms with Gasteiger partial charge in [-0.2, -0.15) is 0 Å². The van der Waals surface area contributed by atoms with E-state index in [1.54, 1.807) is 0 Å². The maximum absolute atomic E-state index is 6.61. The molecular weight excluding hydrogens is 488 g/mol. The van der Waals surface area contributed by atoms with Crippen molar-refractivity contribution >= 4 is 43.9 Å². The molecular formula is C38H30O2. The summed E-state index contributed by atoms with van der Waals surface area (Å²) in [5.41, 5.74) is 13.5. The number of rotatable bonds is 6. The SMILES string of the molecule is CCCc1ccc(-c2ccc3oc4ccc5c(-c6ccc(CCC)cc6)ccc6oc7ccc2c3c7-c4c65)cc1. The monoisotopic (exact) mass is 518 g/mol. The molecule has 0 amide bonds. The molecule has 0 unspecified atom stereocenters. The Morgan fingerprint density at radius 1 is 0.425 bits per heavy atom. The van der Waals surface area contributed by atoms with Crippen molar-refractivity contribution in [1.82, 2.24) is 0 Å². The Kier molecular flexibility index (Phi) is 5.25. The Labute approximate surface area is 233 Å². The van der Waals surface area contributed by atoms with Crippen molar-refractivity contribution in [2.45, 2.75) is 39.5 Å². The van der Waals surface area contributed by atoms with Crippen LogP contribution in [-0.4, -0.2) is 0 Å². The quantitative estimate of drug-likeness (QED) is 0.162. The Balaban J connectivity index is 1.38. The van der Waals surface area contributed by atoms with Crippen molar-refractivity contribution < 1.29 is 8.83 Å². The first-order valence-corrected chi connectivity index (χ1v) is 14.5. The van der Waals surface area contributed by atoms with Gasteiger partial charge in [0.05, 0.1) is 0 Å². The summed E-state index contributed by atoms with van der Waals surface area (Å²) in [5.74, 6) is 0. The first-order valence-electron chi connectivity index (χ1n) is 14.5. The molecule has 0 N–H and O–H groups in total. The minimum absolute atomic E-state index is 0.889. The minimum atomic E-state index is 0.889. The second-order valence-corrected chi connectivity index (χ2v) is 11.0. The smallest absolute Gasteiger partial charge is 0.136 e. The molecule has 6 aromatic carbocycles. The first-order chi connectivity index (χ1) is 19.7. The van der Waals surface area contributed by atoms with E-state index in [2.05, 4.69) is 111 Å². The molecule has 0 spiro atoms. The highest BCUT2D eigenvalue weighted by Gasteiger charge is 2.26. The van der Waals surface area contributed by atoms with Gasteiger partial charge in [-0.25, -0.2) is 0 Å². The molecule has 6 aromatic rings. The molecule has 2 aliphatic heterocycles. The summed E-state index contributed by atoms with van der Waals surface area (Å²) in [6, 6.07) is 35.3. The van der Waals surface area contributed by atoms with E-state index < -0.39 is 0 Å². The number of hydrogen-bond donors (Lipinski definition) is 0. The Hall–Kier alpha value is -4.56. The largest absolute Gasteiger partial charge is 0.456 e. The van der Waals surface area contributed by atoms with Crippen LogP contribution in [0.2, 0.25) is 0 Å². The molecule has 0 fully saturated rings. The van der Waals surface area contributed by atoms with Crippen LogP contribution < -0.4 is 0 Å². The topological polar surface area (TPSA) is 26.3 Å². The fourth-order valence-corrected chi connectivity index (χ4v) is 6.65. The van der Waals surface area contributed by atoms with Gasteiger partial charge in [-0.1, -0.05) is 87.4 Å². The summed E-state index contributed by atoms with van der Waals surface area (Å²) >= 11 is 0. The number of aryl methyl sites for hydroxylation is 2. The molecule has 0 bridgehead atoms. The molecule has 2 heteroatoms. The normalized spacial score (nSPS) is 12.2. The summed E-state index contributed by atoms with van der Waals surface area (Å²) in [6.45, 7) is 4.45. The maximum Gasteiger partial charge on any atom is 0.136 e. The first kappa shape index (κ1) is 23.3. The average molecular weight is 519 g/mol. The van der Waals surface area contributed by atoms with Gasteiger partial charge in [-0.3, -0.25) is 0 Å². The molecule has 0 saturated heterocycles. The van der Waals surface area contributed by atoms with E-state index in [0.29, 0.717) is 0 Å². The van der Waals surface area contributed by atoms with E-state index in [0.717, 1.165) is 69.9 Å². The molecule has 8 rings (SSSR count). The minimum Gasteiger partial charge on any atom is -0.456 e. The van der Waals surface area contributed by atoms with Crippen molar-refractivity contribution in [3.8, 4) is 33.4 Å². The van der Waals surface area contributed by atoms with Gasteiger partial charge in [0.2, 0.25) is 0 Å². The van der Waals surface area contributed by atoms with E-state index in [4.69, 9.17) is 8.83 Å². The van der Waals surface area contributed by atoms with Crippen LogP contribution in [0.5, 0.6) is 0 Å². The van der Waals surface area contributed by atoms with Gasteiger partial charge in [-0.05, 0) is 93.4 Å². The predicted octanol–water partition coefficient (Wildman–Crippen LogP) is 11.3. The third-order valence-electron chi connectivity index (χ3n) is 8.51. The summed E-state index contributed by atoms with van der Waals surface area (Å²) < 4.78 is 13.2. The van der Waals surface area contributed by atoms with Crippen molar-refractivity contribution in [3.63, 3.8) is 0 Å². The highest BCUT2D eigenvalue weighted by molar-refractivity contribution is 6.26. The summed E-state index contributed by atoms with van der Waals surface area (Å²) in [4.78, 5) is 0. The van der Waals surface area contributed by atoms with Crippen LogP contribution in [-0.2, 0) is 12.8 Å². The van der Waals surface area contributed by atoms with Gasteiger partial charge in [0, 0.05) is 21.9 Å². The zero-order valence-corrected chi connectivity index (χ0v) is 22.9. The standard InChI is InChI=1S/C38H30O2/c1-3-5-23-7-11-25(12-8-23)27-15-19-31-35-29(27)17-21-33-37(35)38-34(39-31)22-18-30-28(16-20-32(40-33)36(30)38)26-13-9-24(6-4-2)10-14-26/h7-22H,3-6H2,1-2H3. The molecule has 2 heterocycles. The maximum atomic E-state index is 6.61. The zero-order valence-electron chi connectivity index (χ0n) is 22.9. The molecule has 0 aliphatic carbocycles. The van der Waals surface area contributed by atoms with Crippen molar-refractivity contribution in [3.05, 3.63) is 108 Å². The fraction of sp³-hybridized carbons (Fsp3) is 0.158. The highest BCUT2D eigenvalue weighted by atomic mass is 16.3. The van der Waals surface area contributed by atoms with E-state index in [1.807, 2.05) is 0 Å². The molecule has 2 aliphatic rings. The van der Waals surface area contributed by atoms with Crippen LogP contribution in [0.1, 0.15) is 37.8 Å². The molecule has 0 aromatic heterocycles. The Morgan fingerprint density at radius 2 is 0.825 bits per heavy atom. The lowest BCUT2D eigenvalue weighted by Gasteiger charge is -2.21. The van der Waals surface area contributed by atoms with Crippen LogP contribution in [0.3, 0.4) is 0 Å². The third kappa shape index (κ3) is 3.42. The van der Waals surface area contributed by atoms with Crippen molar-refractivity contribution in [1.29, 1.82) is 0 Å². The van der Waals surface area contributed by atoms with E-state index in [9.17, 15) is 0 Å². The average Bonchev–Trinajstić information content (AvgIpc) is 2.99. The molecule has 194 valence electrons. The Morgan fingerprint density at radius 3 is 1.23 bits per heavy atom. The van der Waals surface area contributed by atoms with Crippen LogP contribution in [0, 0.1) is 0 Å². The predicted molar refractivity (Wildman–Crippen MR) is 168 cm³/mol. The van der Waals surface area contributed by atoms with E-state index in [1.165, 1.54) is 44.2 Å². The lowest BCUT2D eigenvalue weighted by atomic mass is 9.86. The van der Waals surface area contributed by atoms with Gasteiger partial charge >= 0.3 is 0 Å². The summed E-state index contributed by atoms with van der Waals surface area (Å²) in [7, 11) is 0. The van der Waals surface area contributed by atoms with Crippen molar-refractivity contribution in [2.75, 3.05) is 0 Å².